The molecule has 5 nitrogen and oxygen atoms in total. The Balaban J connectivity index is 2.34. The van der Waals surface area contributed by atoms with Gasteiger partial charge >= 0.3 is 0 Å². The zero-order valence-electron chi connectivity index (χ0n) is 12.2. The normalized spacial score (nSPS) is 19.2. The Labute approximate surface area is 128 Å². The predicted molar refractivity (Wildman–Crippen MR) is 82.9 cm³/mol. The molecule has 0 aliphatic carbocycles. The number of aromatic nitrogens is 2. The van der Waals surface area contributed by atoms with E-state index in [1.54, 1.807) is 7.05 Å². The Morgan fingerprint density at radius 3 is 2.85 bits per heavy atom. The lowest BCUT2D eigenvalue weighted by Gasteiger charge is -2.35. The fraction of sp³-hybridized carbons (Fsp3) is 0.643. The van der Waals surface area contributed by atoms with E-state index in [4.69, 9.17) is 0 Å². The number of anilines is 1. The summed E-state index contributed by atoms with van der Waals surface area (Å²) in [7, 11) is 1.69. The summed E-state index contributed by atoms with van der Waals surface area (Å²) in [6, 6.07) is 1.77. The number of rotatable bonds is 3. The fourth-order valence-corrected chi connectivity index (χ4v) is 2.86. The van der Waals surface area contributed by atoms with E-state index in [2.05, 4.69) is 50.0 Å². The molecule has 2 rings (SSSR count). The van der Waals surface area contributed by atoms with Crippen LogP contribution in [0.15, 0.2) is 10.7 Å². The van der Waals surface area contributed by atoms with E-state index in [9.17, 15) is 4.79 Å². The summed E-state index contributed by atoms with van der Waals surface area (Å²) in [5, 5.41) is 2.75. The van der Waals surface area contributed by atoms with Crippen LogP contribution in [0.3, 0.4) is 0 Å². The Kier molecular flexibility index (Phi) is 4.96. The molecule has 1 aliphatic rings. The molecule has 1 N–H and O–H groups in total. The molecule has 0 radical (unpaired) electrons. The smallest absolute Gasteiger partial charge is 0.242 e. The molecule has 1 aromatic heterocycles. The summed E-state index contributed by atoms with van der Waals surface area (Å²) in [5.41, 5.74) is 0. The van der Waals surface area contributed by atoms with Gasteiger partial charge in [-0.1, -0.05) is 13.8 Å². The van der Waals surface area contributed by atoms with Gasteiger partial charge in [0.25, 0.3) is 0 Å². The highest BCUT2D eigenvalue weighted by Crippen LogP contribution is 2.26. The minimum atomic E-state index is -0.129. The van der Waals surface area contributed by atoms with E-state index in [1.165, 1.54) is 0 Å². The van der Waals surface area contributed by atoms with Crippen molar-refractivity contribution < 1.29 is 4.79 Å². The highest BCUT2D eigenvalue weighted by atomic mass is 79.9. The van der Waals surface area contributed by atoms with Crippen molar-refractivity contribution in [1.82, 2.24) is 15.3 Å². The molecule has 110 valence electrons. The number of carbonyl (C=O) groups is 1. The summed E-state index contributed by atoms with van der Waals surface area (Å²) in [6.07, 6.45) is 3.04. The average Bonchev–Trinajstić information content (AvgIpc) is 2.45. The predicted octanol–water partition coefficient (Wildman–Crippen LogP) is 2.47. The maximum absolute atomic E-state index is 12.0. The molecular formula is C14H21BrN4O. The summed E-state index contributed by atoms with van der Waals surface area (Å²) < 4.78 is 0.771. The fourth-order valence-electron chi connectivity index (χ4n) is 2.47. The number of halogens is 1. The van der Waals surface area contributed by atoms with Crippen LogP contribution in [-0.4, -0.2) is 35.5 Å². The molecule has 20 heavy (non-hydrogen) atoms. The van der Waals surface area contributed by atoms with Gasteiger partial charge in [-0.3, -0.25) is 4.79 Å². The van der Waals surface area contributed by atoms with E-state index in [1.807, 2.05) is 6.07 Å². The molecule has 0 saturated carbocycles. The molecule has 2 heterocycles. The molecule has 0 spiro atoms. The number of piperidine rings is 1. The van der Waals surface area contributed by atoms with Crippen LogP contribution in [0.2, 0.25) is 0 Å². The van der Waals surface area contributed by atoms with Crippen LogP contribution in [0.4, 0.5) is 5.82 Å². The van der Waals surface area contributed by atoms with Gasteiger partial charge in [0.15, 0.2) is 0 Å². The summed E-state index contributed by atoms with van der Waals surface area (Å²) in [6.45, 7) is 5.00. The third-order valence-electron chi connectivity index (χ3n) is 3.56. The zero-order chi connectivity index (χ0) is 14.7. The van der Waals surface area contributed by atoms with E-state index in [0.717, 1.165) is 42.1 Å². The topological polar surface area (TPSA) is 58.1 Å². The Morgan fingerprint density at radius 1 is 1.45 bits per heavy atom. The number of nitrogens with one attached hydrogen (secondary N) is 1. The standard InChI is InChI=1S/C14H21BrN4O/c1-9(2)13-17-11(15)8-12(18-13)19-7-5-4-6-10(19)14(20)16-3/h8-10H,4-7H2,1-3H3,(H,16,20). The van der Waals surface area contributed by atoms with Gasteiger partial charge in [0.1, 0.15) is 22.3 Å². The van der Waals surface area contributed by atoms with Crippen molar-refractivity contribution in [2.24, 2.45) is 0 Å². The van der Waals surface area contributed by atoms with Gasteiger partial charge < -0.3 is 10.2 Å². The molecule has 1 amide bonds. The average molecular weight is 341 g/mol. The van der Waals surface area contributed by atoms with Gasteiger partial charge in [-0.05, 0) is 35.2 Å². The molecule has 1 atom stereocenters. The first-order valence-electron chi connectivity index (χ1n) is 7.05. The van der Waals surface area contributed by atoms with Crippen molar-refractivity contribution >= 4 is 27.7 Å². The summed E-state index contributed by atoms with van der Waals surface area (Å²) >= 11 is 3.44. The van der Waals surface area contributed by atoms with E-state index >= 15 is 0 Å². The maximum Gasteiger partial charge on any atom is 0.242 e. The van der Waals surface area contributed by atoms with Crippen LogP contribution in [-0.2, 0) is 4.79 Å². The lowest BCUT2D eigenvalue weighted by molar-refractivity contribution is -0.122. The number of likely N-dealkylation sites (N-methyl/N-ethyl adjacent to an activating group) is 1. The lowest BCUT2D eigenvalue weighted by atomic mass is 10.0. The molecule has 0 bridgehead atoms. The quantitative estimate of drug-likeness (QED) is 0.858. The number of hydrogen-bond donors (Lipinski definition) is 1. The molecule has 1 saturated heterocycles. The minimum Gasteiger partial charge on any atom is -0.357 e. The Bertz CT molecular complexity index is 492. The van der Waals surface area contributed by atoms with E-state index < -0.39 is 0 Å². The van der Waals surface area contributed by atoms with Crippen LogP contribution in [0.1, 0.15) is 44.9 Å². The highest BCUT2D eigenvalue weighted by molar-refractivity contribution is 9.10. The van der Waals surface area contributed by atoms with Crippen LogP contribution >= 0.6 is 15.9 Å². The van der Waals surface area contributed by atoms with Crippen molar-refractivity contribution in [3.8, 4) is 0 Å². The third-order valence-corrected chi connectivity index (χ3v) is 3.97. The summed E-state index contributed by atoms with van der Waals surface area (Å²) in [5.74, 6) is 1.96. The molecular weight excluding hydrogens is 320 g/mol. The lowest BCUT2D eigenvalue weighted by Crippen LogP contribution is -2.49. The van der Waals surface area contributed by atoms with E-state index in [0.29, 0.717) is 0 Å². The molecule has 1 fully saturated rings. The largest absolute Gasteiger partial charge is 0.357 e. The van der Waals surface area contributed by atoms with Crippen LogP contribution < -0.4 is 10.2 Å². The van der Waals surface area contributed by atoms with Gasteiger partial charge in [0.05, 0.1) is 0 Å². The molecule has 1 unspecified atom stereocenters. The van der Waals surface area contributed by atoms with E-state index in [-0.39, 0.29) is 17.9 Å². The SMILES string of the molecule is CNC(=O)C1CCCCN1c1cc(Br)nc(C(C)C)n1. The molecule has 1 aliphatic heterocycles. The van der Waals surface area contributed by atoms with Gasteiger partial charge in [0, 0.05) is 25.6 Å². The minimum absolute atomic E-state index is 0.0607. The van der Waals surface area contributed by atoms with Gasteiger partial charge in [0.2, 0.25) is 5.91 Å². The van der Waals surface area contributed by atoms with Crippen molar-refractivity contribution in [3.63, 3.8) is 0 Å². The zero-order valence-corrected chi connectivity index (χ0v) is 13.8. The number of nitrogens with zero attached hydrogens (tertiary/aromatic N) is 3. The number of amides is 1. The highest BCUT2D eigenvalue weighted by Gasteiger charge is 2.29. The second-order valence-electron chi connectivity index (χ2n) is 5.38. The molecule has 1 aromatic rings. The second-order valence-corrected chi connectivity index (χ2v) is 6.19. The number of hydrogen-bond acceptors (Lipinski definition) is 4. The van der Waals surface area contributed by atoms with Gasteiger partial charge in [-0.15, -0.1) is 0 Å². The van der Waals surface area contributed by atoms with Gasteiger partial charge in [-0.25, -0.2) is 9.97 Å². The maximum atomic E-state index is 12.0. The Hall–Kier alpha value is -1.17. The molecule has 6 heteroatoms. The van der Waals surface area contributed by atoms with Crippen molar-refractivity contribution in [2.45, 2.75) is 45.1 Å². The first kappa shape index (κ1) is 15.2. The first-order valence-corrected chi connectivity index (χ1v) is 7.85. The van der Waals surface area contributed by atoms with Gasteiger partial charge in [-0.2, -0.15) is 0 Å². The van der Waals surface area contributed by atoms with Crippen LogP contribution in [0.25, 0.3) is 0 Å². The van der Waals surface area contributed by atoms with Crippen LogP contribution in [0, 0.1) is 0 Å². The monoisotopic (exact) mass is 340 g/mol. The third kappa shape index (κ3) is 3.29. The molecule has 0 aromatic carbocycles. The van der Waals surface area contributed by atoms with Crippen molar-refractivity contribution in [2.75, 3.05) is 18.5 Å². The van der Waals surface area contributed by atoms with Crippen LogP contribution in [0.5, 0.6) is 0 Å². The summed E-state index contributed by atoms with van der Waals surface area (Å²) in [4.78, 5) is 23.2. The second kappa shape index (κ2) is 6.52. The number of carbonyl (C=O) groups excluding carboxylic acids is 1. The Morgan fingerprint density at radius 2 is 2.20 bits per heavy atom. The van der Waals surface area contributed by atoms with Crippen molar-refractivity contribution in [3.05, 3.63) is 16.5 Å². The first-order chi connectivity index (χ1) is 9.52. The van der Waals surface area contributed by atoms with Crippen molar-refractivity contribution in [1.29, 1.82) is 0 Å².